The molecule has 11 rings (SSSR count). The third kappa shape index (κ3) is 28.8. The molecule has 0 aliphatic heterocycles. The second-order valence-corrected chi connectivity index (χ2v) is 34.0. The minimum absolute atomic E-state index is 0.00288. The standard InChI is InChI=1S/C107H114O26/c1-70(2)98(114)120-56-57-121-100(116)94-20-14-15-21-95(94)101(117)131-67-83(111)63-127-91-50-34-77(35-51-91)105(5,6)73-26-42-87(43-27-73)124-60-81(109)61-125-89-46-30-75(31-47-89)107(9,10)79-38-54-93(55-39-79)129-65-85(113)69-133-103(119)97-23-17-16-22-96(97)102(118)132-68-84(112)64-128-92-52-36-78(37-53-92)106(7,8)74-28-44-88(45-29-74)123-59-80(108)58-122-86-40-24-72(25-41-86)104(3,4)76-32-48-90(49-33-76)126-62-82(110)66-130-99(115)71-18-12-11-13-19-71/h11-55,80-85,108-113H,1,56-69H2,2-10H3. The number of ether oxygens (including phenoxy) is 14. The average Bonchev–Trinajstić information content (AvgIpc) is 0.800. The topological polar surface area (TPSA) is 353 Å². The van der Waals surface area contributed by atoms with E-state index < -0.39 is 109 Å². The predicted molar refractivity (Wildman–Crippen MR) is 497 cm³/mol. The van der Waals surface area contributed by atoms with Gasteiger partial charge in [0.05, 0.1) is 27.8 Å². The second kappa shape index (κ2) is 47.3. The van der Waals surface area contributed by atoms with Gasteiger partial charge in [-0.1, -0.05) is 201 Å². The molecule has 0 bridgehead atoms. The summed E-state index contributed by atoms with van der Waals surface area (Å²) in [6.07, 6.45) is -6.50. The lowest BCUT2D eigenvalue weighted by Crippen LogP contribution is -2.27. The number of benzene rings is 11. The molecule has 6 atom stereocenters. The Hall–Kier alpha value is -13.9. The first-order chi connectivity index (χ1) is 63.7. The van der Waals surface area contributed by atoms with Gasteiger partial charge in [-0.2, -0.15) is 0 Å². The monoisotopic (exact) mass is 1810 g/mol. The van der Waals surface area contributed by atoms with E-state index in [1.807, 2.05) is 158 Å². The number of aliphatic hydroxyl groups excluding tert-OH is 6. The fourth-order valence-corrected chi connectivity index (χ4v) is 14.0. The van der Waals surface area contributed by atoms with Crippen LogP contribution in [0.15, 0.2) is 285 Å². The van der Waals surface area contributed by atoms with Crippen LogP contribution in [0, 0.1) is 0 Å². The lowest BCUT2D eigenvalue weighted by molar-refractivity contribution is -0.140. The van der Waals surface area contributed by atoms with Crippen molar-refractivity contribution in [3.8, 4) is 46.0 Å². The van der Waals surface area contributed by atoms with E-state index in [0.29, 0.717) is 51.6 Å². The molecular formula is C107H114O26. The normalized spacial score (nSPS) is 12.9. The van der Waals surface area contributed by atoms with Crippen LogP contribution in [0.5, 0.6) is 46.0 Å². The smallest absolute Gasteiger partial charge is 0.339 e. The van der Waals surface area contributed by atoms with Crippen LogP contribution in [0.2, 0.25) is 0 Å². The Morgan fingerprint density at radius 1 is 0.233 bits per heavy atom. The maximum atomic E-state index is 13.4. The molecule has 0 aliphatic rings. The molecule has 0 saturated heterocycles. The first-order valence-corrected chi connectivity index (χ1v) is 43.6. The van der Waals surface area contributed by atoms with Gasteiger partial charge in [0.15, 0.2) is 0 Å². The number of rotatable bonds is 49. The van der Waals surface area contributed by atoms with E-state index in [1.165, 1.54) is 31.2 Å². The molecule has 133 heavy (non-hydrogen) atoms. The summed E-state index contributed by atoms with van der Waals surface area (Å²) in [6.45, 7) is 19.1. The summed E-state index contributed by atoms with van der Waals surface area (Å²) in [5, 5.41) is 64.3. The minimum Gasteiger partial charge on any atom is -0.491 e. The van der Waals surface area contributed by atoms with Crippen LogP contribution in [0.25, 0.3) is 0 Å². The molecule has 26 nitrogen and oxygen atoms in total. The average molecular weight is 1820 g/mol. The molecule has 698 valence electrons. The molecule has 0 saturated carbocycles. The number of carbonyl (C=O) groups is 6. The summed E-state index contributed by atoms with van der Waals surface area (Å²) in [4.78, 5) is 76.2. The summed E-state index contributed by atoms with van der Waals surface area (Å²) >= 11 is 0. The van der Waals surface area contributed by atoms with E-state index in [-0.39, 0.29) is 106 Å². The summed E-state index contributed by atoms with van der Waals surface area (Å²) in [7, 11) is 0. The SMILES string of the molecule is C=C(C)C(=O)OCCOC(=O)c1ccccc1C(=O)OCC(O)COc1ccc(C(C)(C)c2ccc(OCC(O)COc3ccc(C(C)(C)c4ccc(OCC(O)COC(=O)c5ccccc5C(=O)OCC(O)COc5ccc(C(C)(C)c6ccc(OCC(O)COc7ccc(C(C)(C)c8ccc(OCC(O)COC(=O)c9ccccc9)cc8)cc7)cc6)cc5)cc4)cc3)cc2)cc1. The van der Waals surface area contributed by atoms with E-state index in [2.05, 4.69) is 62.0 Å². The molecule has 0 radical (unpaired) electrons. The number of hydrogen-bond donors (Lipinski definition) is 6. The summed E-state index contributed by atoms with van der Waals surface area (Å²) < 4.78 is 78.6. The van der Waals surface area contributed by atoms with Gasteiger partial charge in [-0.3, -0.25) is 0 Å². The van der Waals surface area contributed by atoms with Crippen molar-refractivity contribution in [2.75, 3.05) is 92.5 Å². The molecule has 0 spiro atoms. The third-order valence-corrected chi connectivity index (χ3v) is 22.4. The van der Waals surface area contributed by atoms with E-state index in [4.69, 9.17) is 66.3 Å². The minimum atomic E-state index is -1.23. The second-order valence-electron chi connectivity index (χ2n) is 34.0. The molecule has 26 heteroatoms. The van der Waals surface area contributed by atoms with E-state index in [9.17, 15) is 59.4 Å². The molecule has 0 heterocycles. The van der Waals surface area contributed by atoms with Gasteiger partial charge < -0.3 is 97.0 Å². The summed E-state index contributed by atoms with van der Waals surface area (Å²) in [6, 6.07) is 80.7. The van der Waals surface area contributed by atoms with Crippen molar-refractivity contribution in [3.63, 3.8) is 0 Å². The highest BCUT2D eigenvalue weighted by molar-refractivity contribution is 6.04. The van der Waals surface area contributed by atoms with Crippen molar-refractivity contribution < 1.29 is 126 Å². The van der Waals surface area contributed by atoms with Gasteiger partial charge in [-0.05, 0) is 185 Å². The Balaban J connectivity index is 0.530. The highest BCUT2D eigenvalue weighted by atomic mass is 16.6. The zero-order valence-electron chi connectivity index (χ0n) is 75.9. The zero-order valence-corrected chi connectivity index (χ0v) is 75.9. The van der Waals surface area contributed by atoms with Crippen LogP contribution < -0.4 is 37.9 Å². The molecule has 0 fully saturated rings. The maximum absolute atomic E-state index is 13.4. The number of aliphatic hydroxyl groups is 6. The molecular weight excluding hydrogens is 1700 g/mol. The van der Waals surface area contributed by atoms with Gasteiger partial charge in [-0.15, -0.1) is 0 Å². The van der Waals surface area contributed by atoms with Crippen molar-refractivity contribution in [2.45, 2.75) is 121 Å². The fraction of sp³-hybridized carbons (Fsp3) is 0.308. The van der Waals surface area contributed by atoms with Crippen molar-refractivity contribution in [1.29, 1.82) is 0 Å². The van der Waals surface area contributed by atoms with Crippen LogP contribution in [-0.2, 0) is 54.9 Å². The van der Waals surface area contributed by atoms with Gasteiger partial charge in [0.1, 0.15) is 175 Å². The van der Waals surface area contributed by atoms with E-state index in [0.717, 1.165) is 44.5 Å². The molecule has 11 aromatic rings. The molecule has 0 amide bonds. The first-order valence-electron chi connectivity index (χ1n) is 43.6. The predicted octanol–water partition coefficient (Wildman–Crippen LogP) is 15.3. The van der Waals surface area contributed by atoms with Crippen molar-refractivity contribution in [2.24, 2.45) is 0 Å². The number of carbonyl (C=O) groups excluding carboxylic acids is 6. The zero-order chi connectivity index (χ0) is 95.2. The van der Waals surface area contributed by atoms with Gasteiger partial charge in [-0.25, -0.2) is 28.8 Å². The van der Waals surface area contributed by atoms with Crippen LogP contribution in [0.1, 0.15) is 159 Å². The highest BCUT2D eigenvalue weighted by Gasteiger charge is 2.31. The molecule has 11 aromatic carbocycles. The van der Waals surface area contributed by atoms with E-state index >= 15 is 0 Å². The largest absolute Gasteiger partial charge is 0.491 e. The van der Waals surface area contributed by atoms with Crippen molar-refractivity contribution in [3.05, 3.63) is 357 Å². The highest BCUT2D eigenvalue weighted by Crippen LogP contribution is 2.39. The third-order valence-electron chi connectivity index (χ3n) is 22.4. The Labute approximate surface area is 774 Å². The Bertz CT molecular complexity index is 5560. The molecule has 0 aliphatic carbocycles. The molecule has 6 unspecified atom stereocenters. The van der Waals surface area contributed by atoms with Crippen molar-refractivity contribution >= 4 is 35.8 Å². The van der Waals surface area contributed by atoms with Crippen LogP contribution in [-0.4, -0.2) is 196 Å². The summed E-state index contributed by atoms with van der Waals surface area (Å²) in [5.74, 6) is -0.290. The first kappa shape index (κ1) is 99.7. The molecule has 0 aromatic heterocycles. The summed E-state index contributed by atoms with van der Waals surface area (Å²) in [5.41, 5.74) is 6.56. The van der Waals surface area contributed by atoms with Gasteiger partial charge in [0.2, 0.25) is 0 Å². The molecule has 6 N–H and O–H groups in total. The maximum Gasteiger partial charge on any atom is 0.339 e. The van der Waals surface area contributed by atoms with Gasteiger partial charge >= 0.3 is 35.8 Å². The lowest BCUT2D eigenvalue weighted by atomic mass is 9.78. The van der Waals surface area contributed by atoms with Crippen LogP contribution in [0.3, 0.4) is 0 Å². The van der Waals surface area contributed by atoms with E-state index in [1.54, 1.807) is 91.0 Å². The van der Waals surface area contributed by atoms with Gasteiger partial charge in [0, 0.05) is 27.2 Å². The van der Waals surface area contributed by atoms with Crippen molar-refractivity contribution in [1.82, 2.24) is 0 Å². The van der Waals surface area contributed by atoms with Gasteiger partial charge in [0.25, 0.3) is 0 Å². The number of esters is 6. The lowest BCUT2D eigenvalue weighted by Gasteiger charge is -2.27. The fourth-order valence-electron chi connectivity index (χ4n) is 14.0. The van der Waals surface area contributed by atoms with Crippen LogP contribution in [0.4, 0.5) is 0 Å². The van der Waals surface area contributed by atoms with Crippen LogP contribution >= 0.6 is 0 Å². The Kier molecular flexibility index (Phi) is 35.5. The Morgan fingerprint density at radius 2 is 0.406 bits per heavy atom. The number of hydrogen-bond acceptors (Lipinski definition) is 26. The Morgan fingerprint density at radius 3 is 0.609 bits per heavy atom. The quantitative estimate of drug-likeness (QED) is 0.00892.